The fourth-order valence-corrected chi connectivity index (χ4v) is 4.05. The standard InChI is InChI=1S/C26H29FN2O5S/c1-4-6-15-33-25-24(34-26(30)17(3)5-2)21(20-9-7-8-10-23(20)35(28,31)32)16-22(29-25)18-11-13-19(27)14-12-18/h7-14,16-17H,4-6,15H2,1-3H3,(H2,28,31,32). The Balaban J connectivity index is 2.32. The van der Waals surface area contributed by atoms with Gasteiger partial charge in [-0.3, -0.25) is 4.79 Å². The number of hydrogen-bond acceptors (Lipinski definition) is 6. The van der Waals surface area contributed by atoms with E-state index in [0.717, 1.165) is 12.8 Å². The van der Waals surface area contributed by atoms with Gasteiger partial charge in [0.2, 0.25) is 15.8 Å². The lowest BCUT2D eigenvalue weighted by Crippen LogP contribution is -2.19. The van der Waals surface area contributed by atoms with Crippen molar-refractivity contribution in [1.29, 1.82) is 0 Å². The third kappa shape index (κ3) is 6.43. The van der Waals surface area contributed by atoms with Crippen LogP contribution in [0.25, 0.3) is 22.4 Å². The Morgan fingerprint density at radius 2 is 1.77 bits per heavy atom. The van der Waals surface area contributed by atoms with E-state index in [1.807, 2.05) is 13.8 Å². The average molecular weight is 501 g/mol. The molecule has 186 valence electrons. The van der Waals surface area contributed by atoms with E-state index in [1.54, 1.807) is 43.3 Å². The lowest BCUT2D eigenvalue weighted by atomic mass is 10.0. The number of rotatable bonds is 10. The summed E-state index contributed by atoms with van der Waals surface area (Å²) >= 11 is 0. The number of sulfonamides is 1. The predicted molar refractivity (Wildman–Crippen MR) is 132 cm³/mol. The average Bonchev–Trinajstić information content (AvgIpc) is 2.84. The number of aromatic nitrogens is 1. The summed E-state index contributed by atoms with van der Waals surface area (Å²) in [6.45, 7) is 5.90. The number of pyridine rings is 1. The summed E-state index contributed by atoms with van der Waals surface area (Å²) in [5.41, 5.74) is 1.46. The van der Waals surface area contributed by atoms with Crippen molar-refractivity contribution in [2.24, 2.45) is 11.1 Å². The van der Waals surface area contributed by atoms with E-state index in [9.17, 15) is 17.6 Å². The lowest BCUT2D eigenvalue weighted by molar-refractivity contribution is -0.138. The minimum Gasteiger partial charge on any atom is -0.475 e. The fraction of sp³-hybridized carbons (Fsp3) is 0.308. The SMILES string of the molecule is CCCCOc1nc(-c2ccc(F)cc2)cc(-c2ccccc2S(N)(=O)=O)c1OC(=O)C(C)CC. The van der Waals surface area contributed by atoms with Gasteiger partial charge in [0.1, 0.15) is 5.82 Å². The Hall–Kier alpha value is -3.30. The van der Waals surface area contributed by atoms with Crippen molar-refractivity contribution in [1.82, 2.24) is 4.98 Å². The third-order valence-electron chi connectivity index (χ3n) is 5.52. The highest BCUT2D eigenvalue weighted by Crippen LogP contribution is 2.42. The zero-order valence-electron chi connectivity index (χ0n) is 20.0. The second-order valence-electron chi connectivity index (χ2n) is 8.17. The van der Waals surface area contributed by atoms with Crippen molar-refractivity contribution in [3.63, 3.8) is 0 Å². The van der Waals surface area contributed by atoms with Crippen LogP contribution in [-0.4, -0.2) is 26.0 Å². The Kier molecular flexibility index (Phi) is 8.58. The first-order valence-corrected chi connectivity index (χ1v) is 13.0. The Labute approximate surface area is 205 Å². The molecule has 0 bridgehead atoms. The Morgan fingerprint density at radius 1 is 1.09 bits per heavy atom. The van der Waals surface area contributed by atoms with Gasteiger partial charge in [0, 0.05) is 16.7 Å². The first kappa shape index (κ1) is 26.3. The van der Waals surface area contributed by atoms with Crippen LogP contribution in [0.4, 0.5) is 4.39 Å². The van der Waals surface area contributed by atoms with Gasteiger partial charge in [0.15, 0.2) is 0 Å². The summed E-state index contributed by atoms with van der Waals surface area (Å²) in [5.74, 6) is -1.27. The van der Waals surface area contributed by atoms with Crippen LogP contribution in [0, 0.1) is 11.7 Å². The van der Waals surface area contributed by atoms with Crippen LogP contribution in [0.3, 0.4) is 0 Å². The van der Waals surface area contributed by atoms with E-state index in [1.165, 1.54) is 18.2 Å². The van der Waals surface area contributed by atoms with Gasteiger partial charge in [-0.25, -0.2) is 22.9 Å². The summed E-state index contributed by atoms with van der Waals surface area (Å²) in [6.07, 6.45) is 2.14. The molecule has 0 aliphatic carbocycles. The van der Waals surface area contributed by atoms with E-state index in [2.05, 4.69) is 4.98 Å². The van der Waals surface area contributed by atoms with E-state index >= 15 is 0 Å². The van der Waals surface area contributed by atoms with Gasteiger partial charge in [-0.1, -0.05) is 45.4 Å². The second-order valence-corrected chi connectivity index (χ2v) is 9.70. The first-order valence-electron chi connectivity index (χ1n) is 11.4. The fourth-order valence-electron chi connectivity index (χ4n) is 3.29. The smallest absolute Gasteiger partial charge is 0.314 e. The molecule has 0 aliphatic heterocycles. The number of primary sulfonamides is 1. The highest BCUT2D eigenvalue weighted by Gasteiger charge is 2.26. The molecule has 0 spiro atoms. The van der Waals surface area contributed by atoms with Gasteiger partial charge in [-0.2, -0.15) is 0 Å². The van der Waals surface area contributed by atoms with Crippen LogP contribution in [0.15, 0.2) is 59.5 Å². The van der Waals surface area contributed by atoms with Gasteiger partial charge in [0.25, 0.3) is 5.88 Å². The monoisotopic (exact) mass is 500 g/mol. The van der Waals surface area contributed by atoms with Crippen molar-refractivity contribution < 1.29 is 27.1 Å². The maximum atomic E-state index is 13.5. The molecule has 2 N–H and O–H groups in total. The maximum absolute atomic E-state index is 13.5. The molecule has 0 aliphatic rings. The van der Waals surface area contributed by atoms with Gasteiger partial charge in [-0.15, -0.1) is 0 Å². The number of nitrogens with two attached hydrogens (primary N) is 1. The van der Waals surface area contributed by atoms with Gasteiger partial charge in [-0.05, 0) is 49.2 Å². The zero-order chi connectivity index (χ0) is 25.6. The topological polar surface area (TPSA) is 109 Å². The molecule has 7 nitrogen and oxygen atoms in total. The van der Waals surface area contributed by atoms with Crippen LogP contribution >= 0.6 is 0 Å². The number of halogens is 1. The molecule has 3 aromatic rings. The van der Waals surface area contributed by atoms with E-state index in [0.29, 0.717) is 24.3 Å². The van der Waals surface area contributed by atoms with Crippen molar-refractivity contribution in [2.45, 2.75) is 44.9 Å². The molecular formula is C26H29FN2O5S. The molecule has 1 heterocycles. The summed E-state index contributed by atoms with van der Waals surface area (Å²) < 4.78 is 50.0. The normalized spacial score (nSPS) is 12.3. The first-order chi connectivity index (χ1) is 16.7. The van der Waals surface area contributed by atoms with Crippen molar-refractivity contribution >= 4 is 16.0 Å². The van der Waals surface area contributed by atoms with Crippen molar-refractivity contribution in [3.05, 3.63) is 60.4 Å². The van der Waals surface area contributed by atoms with Crippen LogP contribution < -0.4 is 14.6 Å². The molecule has 0 saturated carbocycles. The Bertz CT molecular complexity index is 1290. The zero-order valence-corrected chi connectivity index (χ0v) is 20.8. The largest absolute Gasteiger partial charge is 0.475 e. The highest BCUT2D eigenvalue weighted by molar-refractivity contribution is 7.89. The van der Waals surface area contributed by atoms with Crippen LogP contribution in [0.5, 0.6) is 11.6 Å². The van der Waals surface area contributed by atoms with E-state index in [-0.39, 0.29) is 27.7 Å². The third-order valence-corrected chi connectivity index (χ3v) is 6.49. The molecule has 0 radical (unpaired) electrons. The summed E-state index contributed by atoms with van der Waals surface area (Å²) in [6, 6.07) is 13.4. The minimum atomic E-state index is -4.12. The maximum Gasteiger partial charge on any atom is 0.314 e. The van der Waals surface area contributed by atoms with Crippen molar-refractivity contribution in [3.8, 4) is 34.0 Å². The minimum absolute atomic E-state index is 0.00775. The van der Waals surface area contributed by atoms with Gasteiger partial charge < -0.3 is 9.47 Å². The van der Waals surface area contributed by atoms with Crippen LogP contribution in [-0.2, 0) is 14.8 Å². The summed E-state index contributed by atoms with van der Waals surface area (Å²) in [7, 11) is -4.12. The number of carbonyl (C=O) groups excluding carboxylic acids is 1. The lowest BCUT2D eigenvalue weighted by Gasteiger charge is -2.19. The molecule has 1 aromatic heterocycles. The van der Waals surface area contributed by atoms with Crippen molar-refractivity contribution in [2.75, 3.05) is 6.61 Å². The molecule has 2 aromatic carbocycles. The number of carbonyl (C=O) groups is 1. The summed E-state index contributed by atoms with van der Waals surface area (Å²) in [5, 5.41) is 5.49. The molecule has 1 atom stereocenters. The number of hydrogen-bond donors (Lipinski definition) is 1. The van der Waals surface area contributed by atoms with Crippen LogP contribution in [0.1, 0.15) is 40.0 Å². The highest BCUT2D eigenvalue weighted by atomic mass is 32.2. The molecule has 0 fully saturated rings. The van der Waals surface area contributed by atoms with Gasteiger partial charge in [0.05, 0.1) is 23.1 Å². The molecule has 3 rings (SSSR count). The number of unbranched alkanes of at least 4 members (excludes halogenated alkanes) is 1. The van der Waals surface area contributed by atoms with Gasteiger partial charge >= 0.3 is 5.97 Å². The molecular weight excluding hydrogens is 471 g/mol. The molecule has 1 unspecified atom stereocenters. The molecule has 9 heteroatoms. The predicted octanol–water partition coefficient (Wildman–Crippen LogP) is 5.33. The van der Waals surface area contributed by atoms with E-state index in [4.69, 9.17) is 14.6 Å². The molecule has 0 amide bonds. The quantitative estimate of drug-likeness (QED) is 0.298. The molecule has 0 saturated heterocycles. The molecule has 35 heavy (non-hydrogen) atoms. The number of benzene rings is 2. The number of nitrogens with zero attached hydrogens (tertiary/aromatic N) is 1. The second kappa shape index (κ2) is 11.4. The van der Waals surface area contributed by atoms with Crippen LogP contribution in [0.2, 0.25) is 0 Å². The Morgan fingerprint density at radius 3 is 2.40 bits per heavy atom. The summed E-state index contributed by atoms with van der Waals surface area (Å²) in [4.78, 5) is 17.2. The van der Waals surface area contributed by atoms with E-state index < -0.39 is 27.7 Å². The number of ether oxygens (including phenoxy) is 2. The number of esters is 1.